The van der Waals surface area contributed by atoms with Crippen molar-refractivity contribution < 1.29 is 8.42 Å². The van der Waals surface area contributed by atoms with Crippen LogP contribution in [0.1, 0.15) is 6.92 Å². The predicted molar refractivity (Wildman–Crippen MR) is 77.1 cm³/mol. The number of rotatable bonds is 3. The zero-order chi connectivity index (χ0) is 14.2. The highest BCUT2D eigenvalue weighted by Gasteiger charge is 2.26. The van der Waals surface area contributed by atoms with Crippen molar-refractivity contribution in [2.45, 2.75) is 6.92 Å². The molecule has 0 amide bonds. The number of aromatic nitrogens is 3. The van der Waals surface area contributed by atoms with Crippen LogP contribution in [0.2, 0.25) is 0 Å². The summed E-state index contributed by atoms with van der Waals surface area (Å²) in [5.41, 5.74) is 1.78. The summed E-state index contributed by atoms with van der Waals surface area (Å²) >= 11 is 0. The van der Waals surface area contributed by atoms with Crippen molar-refractivity contribution in [1.82, 2.24) is 19.3 Å². The Bertz CT molecular complexity index is 703. The van der Waals surface area contributed by atoms with E-state index in [9.17, 15) is 8.42 Å². The number of piperazine rings is 1. The number of hydrogen-bond donors (Lipinski definition) is 1. The van der Waals surface area contributed by atoms with E-state index in [1.165, 1.54) is 0 Å². The maximum Gasteiger partial charge on any atom is 0.213 e. The van der Waals surface area contributed by atoms with Gasteiger partial charge in [-0.3, -0.25) is 0 Å². The number of sulfonamides is 1. The molecule has 0 bridgehead atoms. The summed E-state index contributed by atoms with van der Waals surface area (Å²) in [6.45, 7) is 3.97. The molecule has 1 fully saturated rings. The van der Waals surface area contributed by atoms with Crippen molar-refractivity contribution >= 4 is 26.9 Å². The van der Waals surface area contributed by atoms with Crippen LogP contribution >= 0.6 is 0 Å². The molecule has 1 aliphatic rings. The number of fused-ring (bicyclic) bond motifs is 1. The molecule has 7 nitrogen and oxygen atoms in total. The van der Waals surface area contributed by atoms with E-state index < -0.39 is 10.0 Å². The van der Waals surface area contributed by atoms with Crippen LogP contribution in [-0.4, -0.2) is 59.6 Å². The first-order valence-corrected chi connectivity index (χ1v) is 8.23. The largest absolute Gasteiger partial charge is 0.357 e. The van der Waals surface area contributed by atoms with Crippen LogP contribution in [0.4, 0.5) is 5.82 Å². The number of nitrogens with zero attached hydrogens (tertiary/aromatic N) is 4. The van der Waals surface area contributed by atoms with E-state index in [0.29, 0.717) is 26.2 Å². The van der Waals surface area contributed by atoms with Crippen molar-refractivity contribution in [2.75, 3.05) is 36.8 Å². The quantitative estimate of drug-likeness (QED) is 0.888. The summed E-state index contributed by atoms with van der Waals surface area (Å²) in [4.78, 5) is 13.8. The van der Waals surface area contributed by atoms with E-state index in [-0.39, 0.29) is 5.75 Å². The molecule has 8 heteroatoms. The van der Waals surface area contributed by atoms with E-state index in [0.717, 1.165) is 16.9 Å². The lowest BCUT2D eigenvalue weighted by atomic mass is 10.3. The number of aromatic amines is 1. The third-order valence-electron chi connectivity index (χ3n) is 3.62. The van der Waals surface area contributed by atoms with Crippen molar-refractivity contribution in [1.29, 1.82) is 0 Å². The van der Waals surface area contributed by atoms with Gasteiger partial charge in [0.1, 0.15) is 11.8 Å². The molecule has 0 radical (unpaired) electrons. The molecule has 1 N–H and O–H groups in total. The second-order valence-electron chi connectivity index (χ2n) is 4.72. The lowest BCUT2D eigenvalue weighted by Gasteiger charge is -2.34. The van der Waals surface area contributed by atoms with Crippen molar-refractivity contribution in [3.8, 4) is 0 Å². The van der Waals surface area contributed by atoms with Gasteiger partial charge < -0.3 is 9.88 Å². The van der Waals surface area contributed by atoms with E-state index in [1.807, 2.05) is 12.3 Å². The Labute approximate surface area is 117 Å². The molecule has 0 unspecified atom stereocenters. The monoisotopic (exact) mass is 295 g/mol. The number of H-pyrrole nitrogens is 1. The Balaban J connectivity index is 1.80. The first-order valence-electron chi connectivity index (χ1n) is 6.62. The maximum absolute atomic E-state index is 11.8. The summed E-state index contributed by atoms with van der Waals surface area (Å²) in [6.07, 6.45) is 3.38. The molecule has 0 spiro atoms. The first kappa shape index (κ1) is 13.3. The fourth-order valence-electron chi connectivity index (χ4n) is 2.46. The molecule has 1 saturated heterocycles. The van der Waals surface area contributed by atoms with Gasteiger partial charge in [0.2, 0.25) is 10.0 Å². The van der Waals surface area contributed by atoms with Gasteiger partial charge in [-0.2, -0.15) is 4.31 Å². The van der Waals surface area contributed by atoms with Crippen LogP contribution in [0.5, 0.6) is 0 Å². The number of anilines is 1. The van der Waals surface area contributed by atoms with Crippen LogP contribution in [-0.2, 0) is 10.0 Å². The smallest absolute Gasteiger partial charge is 0.213 e. The van der Waals surface area contributed by atoms with E-state index >= 15 is 0 Å². The van der Waals surface area contributed by atoms with Gasteiger partial charge >= 0.3 is 0 Å². The molecule has 2 aromatic rings. The highest BCUT2D eigenvalue weighted by Crippen LogP contribution is 2.22. The minimum absolute atomic E-state index is 0.154. The standard InChI is InChI=1S/C12H17N5O2S/c1-2-20(18,19)17-7-5-16(6-8-17)12-11-10(3-4-13-11)14-9-15-12/h3-4,9,13H,2,5-8H2,1H3. The van der Waals surface area contributed by atoms with Crippen LogP contribution in [0.3, 0.4) is 0 Å². The molecule has 0 aromatic carbocycles. The summed E-state index contributed by atoms with van der Waals surface area (Å²) in [7, 11) is -3.09. The van der Waals surface area contributed by atoms with Crippen molar-refractivity contribution in [2.24, 2.45) is 0 Å². The Morgan fingerprint density at radius 3 is 2.70 bits per heavy atom. The van der Waals surface area contributed by atoms with Crippen LogP contribution in [0, 0.1) is 0 Å². The summed E-state index contributed by atoms with van der Waals surface area (Å²) in [5, 5.41) is 0. The van der Waals surface area contributed by atoms with Gasteiger partial charge in [-0.25, -0.2) is 18.4 Å². The first-order chi connectivity index (χ1) is 9.62. The molecule has 0 saturated carbocycles. The van der Waals surface area contributed by atoms with Crippen LogP contribution in [0.15, 0.2) is 18.6 Å². The van der Waals surface area contributed by atoms with Crippen LogP contribution < -0.4 is 4.90 Å². The zero-order valence-electron chi connectivity index (χ0n) is 11.3. The minimum Gasteiger partial charge on any atom is -0.357 e. The summed E-state index contributed by atoms with van der Waals surface area (Å²) in [6, 6.07) is 1.90. The molecule has 0 atom stereocenters. The van der Waals surface area contributed by atoms with Gasteiger partial charge in [0.05, 0.1) is 11.3 Å². The van der Waals surface area contributed by atoms with Gasteiger partial charge in [-0.15, -0.1) is 0 Å². The molecular weight excluding hydrogens is 278 g/mol. The molecule has 3 rings (SSSR count). The van der Waals surface area contributed by atoms with Gasteiger partial charge in [0.25, 0.3) is 0 Å². The van der Waals surface area contributed by atoms with Gasteiger partial charge in [0.15, 0.2) is 5.82 Å². The Morgan fingerprint density at radius 2 is 2.00 bits per heavy atom. The molecule has 1 aliphatic heterocycles. The maximum atomic E-state index is 11.8. The lowest BCUT2D eigenvalue weighted by Crippen LogP contribution is -2.49. The SMILES string of the molecule is CCS(=O)(=O)N1CCN(c2ncnc3cc[nH]c23)CC1. The van der Waals surface area contributed by atoms with Gasteiger partial charge in [-0.05, 0) is 13.0 Å². The minimum atomic E-state index is -3.09. The molecule has 0 aliphatic carbocycles. The molecule has 108 valence electrons. The molecule has 20 heavy (non-hydrogen) atoms. The molecular formula is C12H17N5O2S. The van der Waals surface area contributed by atoms with Gasteiger partial charge in [0, 0.05) is 32.4 Å². The average Bonchev–Trinajstić information content (AvgIpc) is 2.95. The molecule has 2 aromatic heterocycles. The third-order valence-corrected chi connectivity index (χ3v) is 5.50. The van der Waals surface area contributed by atoms with Crippen molar-refractivity contribution in [3.63, 3.8) is 0 Å². The second kappa shape index (κ2) is 5.02. The highest BCUT2D eigenvalue weighted by atomic mass is 32.2. The second-order valence-corrected chi connectivity index (χ2v) is 6.98. The normalized spacial score (nSPS) is 17.8. The summed E-state index contributed by atoms with van der Waals surface area (Å²) in [5.74, 6) is 0.995. The third kappa shape index (κ3) is 2.25. The Kier molecular flexibility index (Phi) is 3.35. The fraction of sp³-hybridized carbons (Fsp3) is 0.500. The Morgan fingerprint density at radius 1 is 1.25 bits per heavy atom. The number of hydrogen-bond acceptors (Lipinski definition) is 5. The fourth-order valence-corrected chi connectivity index (χ4v) is 3.54. The lowest BCUT2D eigenvalue weighted by molar-refractivity contribution is 0.385. The predicted octanol–water partition coefficient (Wildman–Crippen LogP) is 0.430. The highest BCUT2D eigenvalue weighted by molar-refractivity contribution is 7.89. The summed E-state index contributed by atoms with van der Waals surface area (Å²) < 4.78 is 25.2. The van der Waals surface area contributed by atoms with E-state index in [2.05, 4.69) is 19.9 Å². The van der Waals surface area contributed by atoms with E-state index in [4.69, 9.17) is 0 Å². The van der Waals surface area contributed by atoms with Gasteiger partial charge in [-0.1, -0.05) is 0 Å². The van der Waals surface area contributed by atoms with E-state index in [1.54, 1.807) is 17.6 Å². The Hall–Kier alpha value is -1.67. The average molecular weight is 295 g/mol. The van der Waals surface area contributed by atoms with Crippen molar-refractivity contribution in [3.05, 3.63) is 18.6 Å². The zero-order valence-corrected chi connectivity index (χ0v) is 12.1. The topological polar surface area (TPSA) is 82.2 Å². The van der Waals surface area contributed by atoms with Crippen LogP contribution in [0.25, 0.3) is 11.0 Å². The number of nitrogens with one attached hydrogen (secondary N) is 1. The molecule has 3 heterocycles.